The Labute approximate surface area is 104 Å². The molecule has 2 rings (SSSR count). The van der Waals surface area contributed by atoms with Crippen LogP contribution < -0.4 is 0 Å². The van der Waals surface area contributed by atoms with E-state index in [0.717, 1.165) is 5.76 Å². The fourth-order valence-corrected chi connectivity index (χ4v) is 1.82. The highest BCUT2D eigenvalue weighted by molar-refractivity contribution is 5.92. The van der Waals surface area contributed by atoms with Gasteiger partial charge in [0.1, 0.15) is 5.76 Å². The molecule has 0 unspecified atom stereocenters. The molecule has 0 spiro atoms. The minimum atomic E-state index is -1.05. The zero-order valence-corrected chi connectivity index (χ0v) is 10.1. The number of carboxylic acids is 1. The van der Waals surface area contributed by atoms with Gasteiger partial charge in [-0.1, -0.05) is 6.92 Å². The second-order valence-electron chi connectivity index (χ2n) is 4.07. The minimum absolute atomic E-state index is 0.0519. The van der Waals surface area contributed by atoms with Gasteiger partial charge in [-0.15, -0.1) is 0 Å². The van der Waals surface area contributed by atoms with E-state index in [4.69, 9.17) is 14.3 Å². The number of carboxylic acid groups (broad SMARTS) is 1. The topological polar surface area (TPSA) is 80.0 Å². The molecule has 1 atom stereocenters. The Balaban J connectivity index is 2.06. The van der Waals surface area contributed by atoms with Crippen molar-refractivity contribution < 1.29 is 23.8 Å². The van der Waals surface area contributed by atoms with E-state index < -0.39 is 12.1 Å². The molecule has 0 aromatic carbocycles. The number of nitrogens with zero attached hydrogens (tertiary/aromatic N) is 1. The van der Waals surface area contributed by atoms with Crippen LogP contribution >= 0.6 is 0 Å². The number of furan rings is 1. The maximum absolute atomic E-state index is 12.1. The fraction of sp³-hybridized carbons (Fsp3) is 0.500. The summed E-state index contributed by atoms with van der Waals surface area (Å²) in [5, 5.41) is 8.86. The zero-order chi connectivity index (χ0) is 13.1. The van der Waals surface area contributed by atoms with Crippen LogP contribution in [0.2, 0.25) is 0 Å². The Morgan fingerprint density at radius 1 is 1.50 bits per heavy atom. The lowest BCUT2D eigenvalue weighted by molar-refractivity contribution is -0.154. The van der Waals surface area contributed by atoms with Gasteiger partial charge in [0.2, 0.25) is 0 Å². The summed E-state index contributed by atoms with van der Waals surface area (Å²) in [6, 6.07) is 3.37. The van der Waals surface area contributed by atoms with Crippen LogP contribution in [0.5, 0.6) is 0 Å². The number of morpholine rings is 1. The van der Waals surface area contributed by atoms with Crippen molar-refractivity contribution in [3.05, 3.63) is 23.7 Å². The average Bonchev–Trinajstić information content (AvgIpc) is 2.86. The number of amides is 1. The van der Waals surface area contributed by atoms with E-state index in [1.807, 2.05) is 6.92 Å². The van der Waals surface area contributed by atoms with E-state index in [1.165, 1.54) is 4.90 Å². The van der Waals surface area contributed by atoms with Crippen LogP contribution in [0.1, 0.15) is 23.2 Å². The van der Waals surface area contributed by atoms with E-state index in [-0.39, 0.29) is 24.8 Å². The van der Waals surface area contributed by atoms with Crippen LogP contribution in [0, 0.1) is 0 Å². The highest BCUT2D eigenvalue weighted by atomic mass is 16.5. The van der Waals surface area contributed by atoms with Crippen LogP contribution in [-0.4, -0.2) is 47.7 Å². The number of carbonyl (C=O) groups is 2. The van der Waals surface area contributed by atoms with Crippen molar-refractivity contribution in [3.8, 4) is 0 Å². The van der Waals surface area contributed by atoms with Crippen molar-refractivity contribution >= 4 is 11.9 Å². The molecule has 0 bridgehead atoms. The summed E-state index contributed by atoms with van der Waals surface area (Å²) in [6.07, 6.45) is -0.239. The number of aliphatic carboxylic acids is 1. The number of ether oxygens (including phenoxy) is 1. The number of hydrogen-bond donors (Lipinski definition) is 1. The Hall–Kier alpha value is -1.82. The van der Waals surface area contributed by atoms with Gasteiger partial charge in [-0.05, 0) is 12.1 Å². The molecule has 1 aliphatic heterocycles. The quantitative estimate of drug-likeness (QED) is 0.860. The average molecular weight is 253 g/mol. The molecule has 6 heteroatoms. The third-order valence-corrected chi connectivity index (χ3v) is 2.85. The third kappa shape index (κ3) is 2.53. The summed E-state index contributed by atoms with van der Waals surface area (Å²) in [5.74, 6) is -0.357. The number of rotatable bonds is 3. The second kappa shape index (κ2) is 5.22. The lowest BCUT2D eigenvalue weighted by Crippen LogP contribution is -2.48. The summed E-state index contributed by atoms with van der Waals surface area (Å²) in [4.78, 5) is 24.3. The fourth-order valence-electron chi connectivity index (χ4n) is 1.82. The largest absolute Gasteiger partial charge is 0.479 e. The van der Waals surface area contributed by atoms with E-state index >= 15 is 0 Å². The normalized spacial score (nSPS) is 19.8. The van der Waals surface area contributed by atoms with Gasteiger partial charge >= 0.3 is 5.97 Å². The van der Waals surface area contributed by atoms with Crippen LogP contribution in [0.25, 0.3) is 0 Å². The predicted molar refractivity (Wildman–Crippen MR) is 61.4 cm³/mol. The molecule has 1 fully saturated rings. The van der Waals surface area contributed by atoms with Gasteiger partial charge in [-0.25, -0.2) is 4.79 Å². The molecule has 0 saturated carbocycles. The lowest BCUT2D eigenvalue weighted by atomic mass is 10.2. The molecule has 1 aromatic rings. The van der Waals surface area contributed by atoms with Gasteiger partial charge in [0, 0.05) is 13.0 Å². The van der Waals surface area contributed by atoms with Crippen molar-refractivity contribution in [1.29, 1.82) is 0 Å². The predicted octanol–water partition coefficient (Wildman–Crippen LogP) is 0.768. The first-order valence-corrected chi connectivity index (χ1v) is 5.84. The Morgan fingerprint density at radius 2 is 2.28 bits per heavy atom. The zero-order valence-electron chi connectivity index (χ0n) is 10.1. The van der Waals surface area contributed by atoms with Crippen molar-refractivity contribution in [3.63, 3.8) is 0 Å². The molecule has 0 aliphatic carbocycles. The number of carbonyl (C=O) groups excluding carboxylic acids is 1. The van der Waals surface area contributed by atoms with Gasteiger partial charge in [0.25, 0.3) is 5.91 Å². The molecule has 1 amide bonds. The van der Waals surface area contributed by atoms with Crippen LogP contribution in [0.15, 0.2) is 16.5 Å². The standard InChI is InChI=1S/C12H15NO5/c1-2-8-3-4-9(18-8)11(14)13-5-6-17-10(7-13)12(15)16/h3-4,10H,2,5-7H2,1H3,(H,15,16)/t10-/m1/s1. The van der Waals surface area contributed by atoms with Gasteiger partial charge in [-0.3, -0.25) is 4.79 Å². The summed E-state index contributed by atoms with van der Waals surface area (Å²) >= 11 is 0. The van der Waals surface area contributed by atoms with Gasteiger partial charge < -0.3 is 19.2 Å². The Morgan fingerprint density at radius 3 is 2.89 bits per heavy atom. The van der Waals surface area contributed by atoms with E-state index in [9.17, 15) is 9.59 Å². The highest BCUT2D eigenvalue weighted by Crippen LogP contribution is 2.14. The number of hydrogen-bond acceptors (Lipinski definition) is 4. The second-order valence-corrected chi connectivity index (χ2v) is 4.07. The Kier molecular flexibility index (Phi) is 3.66. The lowest BCUT2D eigenvalue weighted by Gasteiger charge is -2.30. The molecule has 1 saturated heterocycles. The van der Waals surface area contributed by atoms with Gasteiger partial charge in [0.15, 0.2) is 11.9 Å². The maximum atomic E-state index is 12.1. The first-order chi connectivity index (χ1) is 8.61. The van der Waals surface area contributed by atoms with E-state index in [0.29, 0.717) is 13.0 Å². The van der Waals surface area contributed by atoms with Crippen molar-refractivity contribution in [2.45, 2.75) is 19.4 Å². The SMILES string of the molecule is CCc1ccc(C(=O)N2CCO[C@@H](C(=O)O)C2)o1. The highest BCUT2D eigenvalue weighted by Gasteiger charge is 2.30. The molecule has 0 radical (unpaired) electrons. The first-order valence-electron chi connectivity index (χ1n) is 5.84. The monoisotopic (exact) mass is 253 g/mol. The molecule has 2 heterocycles. The third-order valence-electron chi connectivity index (χ3n) is 2.85. The summed E-state index contributed by atoms with van der Waals surface area (Å²) in [5.41, 5.74) is 0. The smallest absolute Gasteiger partial charge is 0.334 e. The van der Waals surface area contributed by atoms with Gasteiger partial charge in [0.05, 0.1) is 13.2 Å². The Bertz CT molecular complexity index is 453. The minimum Gasteiger partial charge on any atom is -0.479 e. The van der Waals surface area contributed by atoms with Gasteiger partial charge in [-0.2, -0.15) is 0 Å². The first kappa shape index (κ1) is 12.6. The molecule has 1 N–H and O–H groups in total. The molecular weight excluding hydrogens is 238 g/mol. The van der Waals surface area contributed by atoms with E-state index in [1.54, 1.807) is 12.1 Å². The van der Waals surface area contributed by atoms with Crippen LogP contribution in [-0.2, 0) is 16.0 Å². The summed E-state index contributed by atoms with van der Waals surface area (Å²) < 4.78 is 10.4. The molecule has 98 valence electrons. The molecule has 1 aromatic heterocycles. The maximum Gasteiger partial charge on any atom is 0.334 e. The molecule has 6 nitrogen and oxygen atoms in total. The summed E-state index contributed by atoms with van der Waals surface area (Å²) in [7, 11) is 0. The summed E-state index contributed by atoms with van der Waals surface area (Å²) in [6.45, 7) is 2.59. The van der Waals surface area contributed by atoms with Crippen molar-refractivity contribution in [2.24, 2.45) is 0 Å². The van der Waals surface area contributed by atoms with Crippen molar-refractivity contribution in [1.82, 2.24) is 4.90 Å². The molecule has 18 heavy (non-hydrogen) atoms. The van der Waals surface area contributed by atoms with Crippen LogP contribution in [0.3, 0.4) is 0 Å². The van der Waals surface area contributed by atoms with E-state index in [2.05, 4.69) is 0 Å². The molecule has 1 aliphatic rings. The molecular formula is C12H15NO5. The van der Waals surface area contributed by atoms with Crippen molar-refractivity contribution in [2.75, 3.05) is 19.7 Å². The number of aryl methyl sites for hydroxylation is 1. The van der Waals surface area contributed by atoms with Crippen LogP contribution in [0.4, 0.5) is 0 Å².